The van der Waals surface area contributed by atoms with Gasteiger partial charge in [-0.1, -0.05) is 57.9 Å². The first-order valence-electron chi connectivity index (χ1n) is 7.83. The minimum Gasteiger partial charge on any atom is -0.393 e. The fourth-order valence-electron chi connectivity index (χ4n) is 1.85. The molecule has 1 atom stereocenters. The molecule has 0 saturated carbocycles. The zero-order valence-corrected chi connectivity index (χ0v) is 12.9. The summed E-state index contributed by atoms with van der Waals surface area (Å²) in [6, 6.07) is 0. The predicted molar refractivity (Wildman–Crippen MR) is 80.6 cm³/mol. The molecule has 5 nitrogen and oxygen atoms in total. The normalized spacial score (nSPS) is 12.5. The zero-order chi connectivity index (χ0) is 15.9. The van der Waals surface area contributed by atoms with Crippen molar-refractivity contribution in [1.82, 2.24) is 0 Å². The molecule has 5 heteroatoms. The van der Waals surface area contributed by atoms with Gasteiger partial charge in [-0.25, -0.2) is 9.59 Å². The van der Waals surface area contributed by atoms with Crippen LogP contribution in [-0.2, 0) is 14.3 Å². The smallest absolute Gasteiger partial charge is 0.345 e. The van der Waals surface area contributed by atoms with Crippen LogP contribution in [0.4, 0.5) is 0 Å². The monoisotopic (exact) mass is 300 g/mol. The molecule has 0 heterocycles. The van der Waals surface area contributed by atoms with Crippen LogP contribution in [0.25, 0.3) is 0 Å². The van der Waals surface area contributed by atoms with E-state index in [4.69, 9.17) is 10.2 Å². The van der Waals surface area contributed by atoms with E-state index in [2.05, 4.69) is 11.7 Å². The van der Waals surface area contributed by atoms with Crippen molar-refractivity contribution in [3.8, 4) is 0 Å². The highest BCUT2D eigenvalue weighted by Gasteiger charge is 2.17. The Morgan fingerprint density at radius 2 is 1.62 bits per heavy atom. The summed E-state index contributed by atoms with van der Waals surface area (Å²) in [5.74, 6) is -1.94. The van der Waals surface area contributed by atoms with Crippen molar-refractivity contribution in [3.05, 3.63) is 12.2 Å². The molecular weight excluding hydrogens is 272 g/mol. The Hall–Kier alpha value is -1.20. The summed E-state index contributed by atoms with van der Waals surface area (Å²) in [6.07, 6.45) is 11.8. The van der Waals surface area contributed by atoms with Gasteiger partial charge in [0.1, 0.15) is 0 Å². The molecular formula is C16H28O5. The third-order valence-electron chi connectivity index (χ3n) is 3.12. The molecule has 0 bridgehead atoms. The van der Waals surface area contributed by atoms with Crippen LogP contribution in [-0.4, -0.2) is 34.9 Å². The lowest BCUT2D eigenvalue weighted by Gasteiger charge is -2.03. The Morgan fingerprint density at radius 1 is 1.05 bits per heavy atom. The second-order valence-corrected chi connectivity index (χ2v) is 5.10. The molecule has 21 heavy (non-hydrogen) atoms. The molecule has 2 N–H and O–H groups in total. The molecule has 0 fully saturated rings. The van der Waals surface area contributed by atoms with E-state index in [0.29, 0.717) is 0 Å². The molecule has 0 rings (SSSR count). The van der Waals surface area contributed by atoms with E-state index in [1.165, 1.54) is 44.6 Å². The first kappa shape index (κ1) is 19.8. The van der Waals surface area contributed by atoms with Gasteiger partial charge in [-0.05, 0) is 12.8 Å². The molecule has 0 aliphatic heterocycles. The lowest BCUT2D eigenvalue weighted by Crippen LogP contribution is -2.28. The maximum Gasteiger partial charge on any atom is 0.345 e. The van der Waals surface area contributed by atoms with Crippen molar-refractivity contribution >= 4 is 11.9 Å². The molecule has 0 aliphatic carbocycles. The van der Waals surface area contributed by atoms with Gasteiger partial charge in [-0.15, -0.1) is 0 Å². The standard InChI is InChI=1S/C16H28O5/c1-2-3-4-5-6-7-8-9-10-11-12-15(19)21-16(20)14(18)13-17/h11-12,14,17-18H,2-10,13H2,1H3. The van der Waals surface area contributed by atoms with Crippen LogP contribution >= 0.6 is 0 Å². The van der Waals surface area contributed by atoms with Gasteiger partial charge in [0.05, 0.1) is 6.61 Å². The van der Waals surface area contributed by atoms with Crippen LogP contribution in [0.2, 0.25) is 0 Å². The van der Waals surface area contributed by atoms with Gasteiger partial charge in [-0.2, -0.15) is 0 Å². The van der Waals surface area contributed by atoms with Gasteiger partial charge in [0.2, 0.25) is 0 Å². The molecule has 122 valence electrons. The third-order valence-corrected chi connectivity index (χ3v) is 3.12. The highest BCUT2D eigenvalue weighted by Crippen LogP contribution is 2.09. The number of unbranched alkanes of at least 4 members (excludes halogenated alkanes) is 8. The van der Waals surface area contributed by atoms with Gasteiger partial charge in [0, 0.05) is 6.08 Å². The Kier molecular flexibility index (Phi) is 13.0. The van der Waals surface area contributed by atoms with E-state index in [1.807, 2.05) is 0 Å². The average Bonchev–Trinajstić information content (AvgIpc) is 2.48. The Balaban J connectivity index is 3.50. The summed E-state index contributed by atoms with van der Waals surface area (Å²) >= 11 is 0. The number of allylic oxidation sites excluding steroid dienone is 1. The third kappa shape index (κ3) is 12.3. The Bertz CT molecular complexity index is 312. The number of hydrogen-bond acceptors (Lipinski definition) is 5. The summed E-state index contributed by atoms with van der Waals surface area (Å²) in [5, 5.41) is 17.4. The molecule has 1 unspecified atom stereocenters. The highest BCUT2D eigenvalue weighted by molar-refractivity contribution is 5.93. The summed E-state index contributed by atoms with van der Waals surface area (Å²) in [7, 11) is 0. The number of ether oxygens (including phenoxy) is 1. The summed E-state index contributed by atoms with van der Waals surface area (Å²) in [5.41, 5.74) is 0. The average molecular weight is 300 g/mol. The van der Waals surface area contributed by atoms with Crippen molar-refractivity contribution in [3.63, 3.8) is 0 Å². The molecule has 0 spiro atoms. The number of aliphatic hydroxyl groups is 2. The van der Waals surface area contributed by atoms with Crippen LogP contribution in [0.5, 0.6) is 0 Å². The molecule has 0 aromatic carbocycles. The van der Waals surface area contributed by atoms with Crippen LogP contribution in [0.3, 0.4) is 0 Å². The van der Waals surface area contributed by atoms with Crippen LogP contribution in [0, 0.1) is 0 Å². The Labute approximate surface area is 127 Å². The fourth-order valence-corrected chi connectivity index (χ4v) is 1.85. The highest BCUT2D eigenvalue weighted by atomic mass is 16.6. The summed E-state index contributed by atoms with van der Waals surface area (Å²) < 4.78 is 4.31. The number of rotatable bonds is 12. The van der Waals surface area contributed by atoms with Crippen LogP contribution in [0.15, 0.2) is 12.2 Å². The van der Waals surface area contributed by atoms with Gasteiger partial charge >= 0.3 is 11.9 Å². The maximum absolute atomic E-state index is 11.2. The molecule has 0 aliphatic rings. The minimum atomic E-state index is -1.66. The molecule has 0 aromatic rings. The number of carbonyl (C=O) groups is 2. The molecule has 0 amide bonds. The van der Waals surface area contributed by atoms with Gasteiger partial charge in [0.25, 0.3) is 0 Å². The van der Waals surface area contributed by atoms with Gasteiger partial charge in [0.15, 0.2) is 6.10 Å². The van der Waals surface area contributed by atoms with Gasteiger partial charge in [-0.3, -0.25) is 0 Å². The summed E-state index contributed by atoms with van der Waals surface area (Å²) in [4.78, 5) is 22.2. The van der Waals surface area contributed by atoms with Crippen molar-refractivity contribution in [2.24, 2.45) is 0 Å². The molecule has 0 aromatic heterocycles. The van der Waals surface area contributed by atoms with Crippen molar-refractivity contribution in [2.75, 3.05) is 6.61 Å². The van der Waals surface area contributed by atoms with Crippen molar-refractivity contribution in [1.29, 1.82) is 0 Å². The molecule has 0 saturated heterocycles. The minimum absolute atomic E-state index is 0.756. The topological polar surface area (TPSA) is 83.8 Å². The summed E-state index contributed by atoms with van der Waals surface area (Å²) in [6.45, 7) is 1.45. The van der Waals surface area contributed by atoms with Crippen LogP contribution in [0.1, 0.15) is 64.7 Å². The number of aliphatic hydroxyl groups excluding tert-OH is 2. The van der Waals surface area contributed by atoms with E-state index in [-0.39, 0.29) is 0 Å². The second-order valence-electron chi connectivity index (χ2n) is 5.10. The van der Waals surface area contributed by atoms with E-state index in [0.717, 1.165) is 19.3 Å². The lowest BCUT2D eigenvalue weighted by molar-refractivity contribution is -0.164. The zero-order valence-electron chi connectivity index (χ0n) is 12.9. The van der Waals surface area contributed by atoms with Crippen LogP contribution < -0.4 is 0 Å². The van der Waals surface area contributed by atoms with E-state index >= 15 is 0 Å². The lowest BCUT2D eigenvalue weighted by atomic mass is 10.1. The fraction of sp³-hybridized carbons (Fsp3) is 0.750. The maximum atomic E-state index is 11.2. The largest absolute Gasteiger partial charge is 0.393 e. The van der Waals surface area contributed by atoms with Crippen molar-refractivity contribution in [2.45, 2.75) is 70.8 Å². The number of carbonyl (C=O) groups excluding carboxylic acids is 2. The second kappa shape index (κ2) is 13.8. The van der Waals surface area contributed by atoms with E-state index in [1.54, 1.807) is 6.08 Å². The molecule has 0 radical (unpaired) electrons. The predicted octanol–water partition coefficient (Wildman–Crippen LogP) is 2.50. The quantitative estimate of drug-likeness (QED) is 0.250. The number of esters is 2. The van der Waals surface area contributed by atoms with E-state index in [9.17, 15) is 9.59 Å². The first-order chi connectivity index (χ1) is 10.1. The number of hydrogen-bond donors (Lipinski definition) is 2. The van der Waals surface area contributed by atoms with Crippen molar-refractivity contribution < 1.29 is 24.5 Å². The van der Waals surface area contributed by atoms with E-state index < -0.39 is 24.6 Å². The first-order valence-corrected chi connectivity index (χ1v) is 7.83. The van der Waals surface area contributed by atoms with Gasteiger partial charge < -0.3 is 14.9 Å². The SMILES string of the molecule is CCCCCCCCCCC=CC(=O)OC(=O)C(O)CO. The Morgan fingerprint density at radius 3 is 2.19 bits per heavy atom.